The highest BCUT2D eigenvalue weighted by Gasteiger charge is 2.22. The van der Waals surface area contributed by atoms with Gasteiger partial charge in [-0.2, -0.15) is 4.57 Å². The minimum absolute atomic E-state index is 0.529. The number of aryl methyl sites for hydroxylation is 2. The second-order valence-electron chi connectivity index (χ2n) is 8.72. The van der Waals surface area contributed by atoms with Gasteiger partial charge in [0.25, 0.3) is 0 Å². The van der Waals surface area contributed by atoms with Crippen LogP contribution in [0.2, 0.25) is 0 Å². The molecule has 0 fully saturated rings. The molecule has 1 heterocycles. The molecule has 1 aromatic heterocycles. The van der Waals surface area contributed by atoms with Crippen molar-refractivity contribution in [1.29, 1.82) is 0 Å². The summed E-state index contributed by atoms with van der Waals surface area (Å²) in [6.45, 7) is 15.9. The first-order valence-corrected chi connectivity index (χ1v) is 10.8. The zero-order chi connectivity index (χ0) is 20.6. The van der Waals surface area contributed by atoms with Gasteiger partial charge in [0.1, 0.15) is 7.05 Å². The van der Waals surface area contributed by atoms with Crippen molar-refractivity contribution in [2.24, 2.45) is 7.05 Å². The molecule has 0 spiro atoms. The van der Waals surface area contributed by atoms with Crippen LogP contribution in [0.1, 0.15) is 80.3 Å². The molecule has 0 unspecified atom stereocenters. The number of pyridine rings is 1. The fourth-order valence-electron chi connectivity index (χ4n) is 4.40. The van der Waals surface area contributed by atoms with Crippen molar-refractivity contribution in [3.05, 3.63) is 64.3 Å². The van der Waals surface area contributed by atoms with Crippen molar-refractivity contribution in [2.75, 3.05) is 0 Å². The molecule has 0 aliphatic carbocycles. The van der Waals surface area contributed by atoms with Gasteiger partial charge in [-0.1, -0.05) is 45.9 Å². The molecule has 3 rings (SSSR count). The largest absolute Gasteiger partial charge is 0.220 e. The summed E-state index contributed by atoms with van der Waals surface area (Å²) in [7, 11) is 2.20. The molecule has 3 aromatic rings. The van der Waals surface area contributed by atoms with Crippen molar-refractivity contribution < 1.29 is 4.57 Å². The van der Waals surface area contributed by atoms with E-state index >= 15 is 0 Å². The van der Waals surface area contributed by atoms with Crippen LogP contribution in [0.15, 0.2) is 36.4 Å². The number of fused-ring (bicyclic) bond motifs is 1. The maximum Gasteiger partial charge on any atom is 0.220 e. The maximum atomic E-state index is 2.43. The van der Waals surface area contributed by atoms with Gasteiger partial charge in [0.15, 0.2) is 5.69 Å². The van der Waals surface area contributed by atoms with Crippen LogP contribution in [0.3, 0.4) is 0 Å². The van der Waals surface area contributed by atoms with E-state index < -0.39 is 0 Å². The average Bonchev–Trinajstić information content (AvgIpc) is 2.66. The Hall–Kier alpha value is -2.15. The highest BCUT2D eigenvalue weighted by Crippen LogP contribution is 2.34. The van der Waals surface area contributed by atoms with Crippen LogP contribution in [-0.4, -0.2) is 0 Å². The Morgan fingerprint density at radius 1 is 0.857 bits per heavy atom. The van der Waals surface area contributed by atoms with Crippen molar-refractivity contribution in [3.8, 4) is 11.3 Å². The summed E-state index contributed by atoms with van der Waals surface area (Å²) in [4.78, 5) is 0. The van der Waals surface area contributed by atoms with Crippen molar-refractivity contribution >= 4 is 10.8 Å². The zero-order valence-corrected chi connectivity index (χ0v) is 19.0. The third-order valence-electron chi connectivity index (χ3n) is 6.63. The van der Waals surface area contributed by atoms with Gasteiger partial charge in [-0.05, 0) is 78.3 Å². The molecule has 0 bridgehead atoms. The van der Waals surface area contributed by atoms with Crippen LogP contribution in [0.4, 0.5) is 0 Å². The molecule has 0 radical (unpaired) electrons. The van der Waals surface area contributed by atoms with Crippen LogP contribution in [-0.2, 0) is 7.05 Å². The number of aromatic nitrogens is 1. The lowest BCUT2D eigenvalue weighted by Gasteiger charge is -2.17. The molecular formula is C27H36N+. The quantitative estimate of drug-likeness (QED) is 0.413. The zero-order valence-electron chi connectivity index (χ0n) is 19.0. The minimum atomic E-state index is 0.529. The smallest absolute Gasteiger partial charge is 0.198 e. The third-order valence-corrected chi connectivity index (χ3v) is 6.63. The van der Waals surface area contributed by atoms with Gasteiger partial charge in [-0.3, -0.25) is 0 Å². The number of hydrogen-bond donors (Lipinski definition) is 0. The van der Waals surface area contributed by atoms with E-state index in [2.05, 4.69) is 96.5 Å². The highest BCUT2D eigenvalue weighted by molar-refractivity contribution is 5.94. The monoisotopic (exact) mass is 374 g/mol. The Labute approximate surface area is 171 Å². The van der Waals surface area contributed by atoms with E-state index in [0.717, 1.165) is 0 Å². The van der Waals surface area contributed by atoms with Crippen molar-refractivity contribution in [1.82, 2.24) is 0 Å². The molecule has 28 heavy (non-hydrogen) atoms. The predicted molar refractivity (Wildman–Crippen MR) is 122 cm³/mol. The number of benzene rings is 2. The average molecular weight is 375 g/mol. The van der Waals surface area contributed by atoms with Gasteiger partial charge in [-0.15, -0.1) is 0 Å². The van der Waals surface area contributed by atoms with E-state index in [1.165, 1.54) is 62.8 Å². The van der Waals surface area contributed by atoms with Crippen LogP contribution in [0.5, 0.6) is 0 Å². The third kappa shape index (κ3) is 3.60. The first kappa shape index (κ1) is 20.6. The van der Waals surface area contributed by atoms with Gasteiger partial charge >= 0.3 is 0 Å². The van der Waals surface area contributed by atoms with Crippen molar-refractivity contribution in [2.45, 2.75) is 73.1 Å². The second-order valence-corrected chi connectivity index (χ2v) is 8.72. The van der Waals surface area contributed by atoms with Crippen LogP contribution >= 0.6 is 0 Å². The second kappa shape index (κ2) is 8.07. The summed E-state index contributed by atoms with van der Waals surface area (Å²) >= 11 is 0. The van der Waals surface area contributed by atoms with E-state index in [1.54, 1.807) is 0 Å². The predicted octanol–water partition coefficient (Wildman–Crippen LogP) is 7.28. The molecule has 0 atom stereocenters. The van der Waals surface area contributed by atoms with Crippen molar-refractivity contribution in [3.63, 3.8) is 0 Å². The topological polar surface area (TPSA) is 3.88 Å². The first-order chi connectivity index (χ1) is 13.3. The summed E-state index contributed by atoms with van der Waals surface area (Å²) in [5.74, 6) is 1.18. The molecule has 0 saturated heterocycles. The minimum Gasteiger partial charge on any atom is -0.198 e. The number of hydrogen-bond acceptors (Lipinski definition) is 0. The molecule has 0 aliphatic heterocycles. The van der Waals surface area contributed by atoms with E-state index in [-0.39, 0.29) is 0 Å². The lowest BCUT2D eigenvalue weighted by Crippen LogP contribution is -2.35. The fourth-order valence-corrected chi connectivity index (χ4v) is 4.40. The van der Waals surface area contributed by atoms with Crippen LogP contribution in [0.25, 0.3) is 22.0 Å². The molecule has 148 valence electrons. The summed E-state index contributed by atoms with van der Waals surface area (Å²) in [5.41, 5.74) is 9.67. The van der Waals surface area contributed by atoms with E-state index in [0.29, 0.717) is 11.8 Å². The molecular weight excluding hydrogens is 338 g/mol. The number of rotatable bonds is 5. The van der Waals surface area contributed by atoms with Crippen LogP contribution < -0.4 is 4.57 Å². The Morgan fingerprint density at radius 3 is 2.14 bits per heavy atom. The molecule has 0 saturated carbocycles. The highest BCUT2D eigenvalue weighted by atomic mass is 14.9. The first-order valence-electron chi connectivity index (χ1n) is 10.8. The van der Waals surface area contributed by atoms with Gasteiger partial charge in [-0.25, -0.2) is 0 Å². The van der Waals surface area contributed by atoms with Gasteiger partial charge < -0.3 is 0 Å². The SMILES string of the molecule is CCC(CC)c1ccc2c(-c3cc(C(C)C)cc(C)c3C)[n+](C)c(C)cc2c1. The molecule has 0 N–H and O–H groups in total. The summed E-state index contributed by atoms with van der Waals surface area (Å²) in [6, 6.07) is 14.3. The summed E-state index contributed by atoms with van der Waals surface area (Å²) in [6.07, 6.45) is 2.40. The van der Waals surface area contributed by atoms with Gasteiger partial charge in [0.2, 0.25) is 5.69 Å². The van der Waals surface area contributed by atoms with Crippen LogP contribution in [0, 0.1) is 20.8 Å². The molecule has 0 amide bonds. The van der Waals surface area contributed by atoms with E-state index in [4.69, 9.17) is 0 Å². The maximum absolute atomic E-state index is 2.43. The van der Waals surface area contributed by atoms with E-state index in [1.807, 2.05) is 0 Å². The molecule has 2 aromatic carbocycles. The summed E-state index contributed by atoms with van der Waals surface area (Å²) in [5, 5.41) is 2.72. The fraction of sp³-hybridized carbons (Fsp3) is 0.444. The molecule has 1 heteroatoms. The van der Waals surface area contributed by atoms with Gasteiger partial charge in [0.05, 0.1) is 10.9 Å². The van der Waals surface area contributed by atoms with Gasteiger partial charge in [0, 0.05) is 13.0 Å². The standard InChI is InChI=1S/C27H36N/c1-9-21(10-2)22-11-12-25-24(15-22)14-19(6)28(8)27(25)26-16-23(17(3)4)13-18(5)20(26)7/h11-17,21H,9-10H2,1-8H3/q+1. The molecule has 1 nitrogen and oxygen atoms in total. The Balaban J connectivity index is 2.34. The van der Waals surface area contributed by atoms with E-state index in [9.17, 15) is 0 Å². The summed E-state index contributed by atoms with van der Waals surface area (Å²) < 4.78 is 2.37. The Bertz CT molecular complexity index is 1010. The normalized spacial score (nSPS) is 11.8. The lowest BCUT2D eigenvalue weighted by atomic mass is 9.88. The number of nitrogens with zero attached hydrogens (tertiary/aromatic N) is 1. The lowest BCUT2D eigenvalue weighted by molar-refractivity contribution is -0.665. The molecule has 0 aliphatic rings. The Kier molecular flexibility index (Phi) is 5.93. The Morgan fingerprint density at radius 2 is 1.54 bits per heavy atom.